The number of methoxy groups -OCH3 is 1. The van der Waals surface area contributed by atoms with Gasteiger partial charge in [0.15, 0.2) is 0 Å². The lowest BCUT2D eigenvalue weighted by Gasteiger charge is -2.49. The van der Waals surface area contributed by atoms with Gasteiger partial charge in [-0.05, 0) is 84.1 Å². The maximum atomic E-state index is 13.7. The van der Waals surface area contributed by atoms with Crippen LogP contribution in [0.25, 0.3) is 0 Å². The summed E-state index contributed by atoms with van der Waals surface area (Å²) in [7, 11) is 1.58. The predicted octanol–water partition coefficient (Wildman–Crippen LogP) is 4.60. The third-order valence-corrected chi connectivity index (χ3v) is 10.1. The molecule has 1 spiro atoms. The van der Waals surface area contributed by atoms with Crippen LogP contribution in [-0.2, 0) is 14.3 Å². The molecule has 4 fully saturated rings. The molecule has 0 aromatic heterocycles. The number of hydrogen-bond acceptors (Lipinski definition) is 5. The first-order chi connectivity index (χ1) is 19.1. The van der Waals surface area contributed by atoms with Crippen LogP contribution in [0.15, 0.2) is 30.3 Å². The van der Waals surface area contributed by atoms with E-state index in [4.69, 9.17) is 9.47 Å². The monoisotopic (exact) mass is 554 g/mol. The molecule has 3 amide bonds. The molecule has 8 nitrogen and oxygen atoms in total. The van der Waals surface area contributed by atoms with Gasteiger partial charge in [0, 0.05) is 58.1 Å². The van der Waals surface area contributed by atoms with E-state index in [-0.39, 0.29) is 29.6 Å². The lowest BCUT2D eigenvalue weighted by molar-refractivity contribution is -0.140. The van der Waals surface area contributed by atoms with E-state index in [0.29, 0.717) is 18.0 Å². The van der Waals surface area contributed by atoms with Crippen LogP contribution in [0.1, 0.15) is 84.2 Å². The van der Waals surface area contributed by atoms with Gasteiger partial charge in [-0.2, -0.15) is 0 Å². The van der Waals surface area contributed by atoms with E-state index in [1.165, 1.54) is 12.8 Å². The van der Waals surface area contributed by atoms with E-state index in [1.54, 1.807) is 7.11 Å². The molecular formula is C32H50N4O4. The standard InChI is InChI=1S/C32H50N4O4/c1-23(2)36-30(38)34(21-24-14-17-40-18-15-24)22-32(36)19-26-11-12-27(20-32)35(26)16-13-28(25-9-7-6-8-10-25)33-29(37)31(3,4)39-5/h6-10,23-24,26-28H,11-22H2,1-5H3,(H,33,37)/t26?,27?,28-,32?/m0/s1. The van der Waals surface area contributed by atoms with E-state index >= 15 is 0 Å². The molecule has 2 bridgehead atoms. The number of carbonyl (C=O) groups excluding carboxylic acids is 2. The van der Waals surface area contributed by atoms with E-state index in [9.17, 15) is 9.59 Å². The number of ether oxygens (including phenoxy) is 2. The van der Waals surface area contributed by atoms with Gasteiger partial charge in [0.25, 0.3) is 5.91 Å². The molecule has 2 unspecified atom stereocenters. The summed E-state index contributed by atoms with van der Waals surface area (Å²) in [5.74, 6) is 0.456. The molecule has 4 aliphatic rings. The van der Waals surface area contributed by atoms with Gasteiger partial charge in [0.05, 0.1) is 11.6 Å². The van der Waals surface area contributed by atoms with Gasteiger partial charge in [-0.25, -0.2) is 4.79 Å². The second-order valence-corrected chi connectivity index (χ2v) is 13.4. The minimum Gasteiger partial charge on any atom is -0.381 e. The van der Waals surface area contributed by atoms with Crippen LogP contribution in [-0.4, -0.2) is 95.9 Å². The number of piperidine rings is 1. The molecule has 1 N–H and O–H groups in total. The number of urea groups is 1. The van der Waals surface area contributed by atoms with Gasteiger partial charge in [0.2, 0.25) is 0 Å². The van der Waals surface area contributed by atoms with Crippen molar-refractivity contribution in [3.05, 3.63) is 35.9 Å². The fourth-order valence-electron chi connectivity index (χ4n) is 7.82. The van der Waals surface area contributed by atoms with Crippen molar-refractivity contribution < 1.29 is 19.1 Å². The van der Waals surface area contributed by atoms with E-state index in [2.05, 4.69) is 46.0 Å². The molecule has 0 saturated carbocycles. The van der Waals surface area contributed by atoms with Crippen LogP contribution < -0.4 is 5.32 Å². The van der Waals surface area contributed by atoms with Gasteiger partial charge in [-0.15, -0.1) is 0 Å². The summed E-state index contributed by atoms with van der Waals surface area (Å²) < 4.78 is 11.0. The Kier molecular flexibility index (Phi) is 8.79. The highest BCUT2D eigenvalue weighted by atomic mass is 16.5. The Balaban J connectivity index is 1.28. The lowest BCUT2D eigenvalue weighted by atomic mass is 9.81. The zero-order valence-electron chi connectivity index (χ0n) is 25.2. The Bertz CT molecular complexity index is 1010. The number of benzene rings is 1. The maximum absolute atomic E-state index is 13.7. The smallest absolute Gasteiger partial charge is 0.320 e. The zero-order chi connectivity index (χ0) is 28.5. The van der Waals surface area contributed by atoms with Crippen molar-refractivity contribution in [2.24, 2.45) is 5.92 Å². The number of nitrogens with one attached hydrogen (secondary N) is 1. The first-order valence-corrected chi connectivity index (χ1v) is 15.5. The fourth-order valence-corrected chi connectivity index (χ4v) is 7.82. The SMILES string of the molecule is COC(C)(C)C(=O)N[C@@H](CCN1C2CCC1CC1(C2)CN(CC2CCOCC2)C(=O)N1C(C)C)c1ccccc1. The zero-order valence-corrected chi connectivity index (χ0v) is 25.2. The third-order valence-electron chi connectivity index (χ3n) is 10.1. The largest absolute Gasteiger partial charge is 0.381 e. The minimum atomic E-state index is -0.880. The van der Waals surface area contributed by atoms with Gasteiger partial charge in [0.1, 0.15) is 5.60 Å². The van der Waals surface area contributed by atoms with Crippen LogP contribution in [0.2, 0.25) is 0 Å². The summed E-state index contributed by atoms with van der Waals surface area (Å²) in [4.78, 5) is 33.9. The molecule has 4 heterocycles. The number of nitrogens with zero attached hydrogens (tertiary/aromatic N) is 3. The van der Waals surface area contributed by atoms with Crippen LogP contribution in [0, 0.1) is 5.92 Å². The van der Waals surface area contributed by atoms with Crippen LogP contribution in [0.4, 0.5) is 4.79 Å². The van der Waals surface area contributed by atoms with Gasteiger partial charge >= 0.3 is 6.03 Å². The summed E-state index contributed by atoms with van der Waals surface area (Å²) in [6.45, 7) is 12.3. The van der Waals surface area contributed by atoms with Crippen LogP contribution in [0.5, 0.6) is 0 Å². The van der Waals surface area contributed by atoms with E-state index in [1.807, 2.05) is 32.0 Å². The Morgan fingerprint density at radius 2 is 1.75 bits per heavy atom. The molecule has 0 aliphatic carbocycles. The summed E-state index contributed by atoms with van der Waals surface area (Å²) in [5.41, 5.74) is 0.170. The highest BCUT2D eigenvalue weighted by Crippen LogP contribution is 2.48. The fraction of sp³-hybridized carbons (Fsp3) is 0.750. The molecule has 0 radical (unpaired) electrons. The highest BCUT2D eigenvalue weighted by molar-refractivity contribution is 5.84. The first-order valence-electron chi connectivity index (χ1n) is 15.5. The number of rotatable bonds is 10. The molecule has 4 saturated heterocycles. The maximum Gasteiger partial charge on any atom is 0.320 e. The van der Waals surface area contributed by atoms with Crippen molar-refractivity contribution in [1.82, 2.24) is 20.0 Å². The topological polar surface area (TPSA) is 74.4 Å². The Morgan fingerprint density at radius 3 is 2.35 bits per heavy atom. The van der Waals surface area contributed by atoms with Crippen LogP contribution >= 0.6 is 0 Å². The summed E-state index contributed by atoms with van der Waals surface area (Å²) in [6, 6.07) is 11.6. The van der Waals surface area contributed by atoms with Crippen molar-refractivity contribution in [1.29, 1.82) is 0 Å². The van der Waals surface area contributed by atoms with Gasteiger partial charge in [-0.1, -0.05) is 30.3 Å². The highest BCUT2D eigenvalue weighted by Gasteiger charge is 2.57. The summed E-state index contributed by atoms with van der Waals surface area (Å²) in [6.07, 6.45) is 7.40. The second-order valence-electron chi connectivity index (χ2n) is 13.4. The van der Waals surface area contributed by atoms with Crippen LogP contribution in [0.3, 0.4) is 0 Å². The number of hydrogen-bond donors (Lipinski definition) is 1. The van der Waals surface area contributed by atoms with Gasteiger partial charge in [-0.3, -0.25) is 9.69 Å². The van der Waals surface area contributed by atoms with Gasteiger partial charge < -0.3 is 24.6 Å². The third kappa shape index (κ3) is 5.90. The Morgan fingerprint density at radius 1 is 1.10 bits per heavy atom. The van der Waals surface area contributed by atoms with Crippen molar-refractivity contribution in [3.8, 4) is 0 Å². The van der Waals surface area contributed by atoms with Crippen molar-refractivity contribution >= 4 is 11.9 Å². The van der Waals surface area contributed by atoms with Crippen molar-refractivity contribution in [2.75, 3.05) is 40.0 Å². The first kappa shape index (κ1) is 29.3. The number of fused-ring (bicyclic) bond motifs is 2. The quantitative estimate of drug-likeness (QED) is 0.458. The summed E-state index contributed by atoms with van der Waals surface area (Å²) >= 11 is 0. The predicted molar refractivity (Wildman–Crippen MR) is 156 cm³/mol. The lowest BCUT2D eigenvalue weighted by Crippen LogP contribution is -2.60. The number of carbonyl (C=O) groups is 2. The van der Waals surface area contributed by atoms with E-state index in [0.717, 1.165) is 70.5 Å². The molecule has 1 aromatic carbocycles. The van der Waals surface area contributed by atoms with E-state index < -0.39 is 5.60 Å². The Labute approximate surface area is 240 Å². The molecule has 1 aromatic rings. The average molecular weight is 555 g/mol. The summed E-state index contributed by atoms with van der Waals surface area (Å²) in [5, 5.41) is 3.28. The molecule has 40 heavy (non-hydrogen) atoms. The normalized spacial score (nSPS) is 28.6. The van der Waals surface area contributed by atoms with Crippen molar-refractivity contribution in [3.63, 3.8) is 0 Å². The minimum absolute atomic E-state index is 0.0751. The molecular weight excluding hydrogens is 504 g/mol. The molecule has 4 aliphatic heterocycles. The molecule has 222 valence electrons. The average Bonchev–Trinajstić information content (AvgIpc) is 3.35. The molecule has 5 rings (SSSR count). The molecule has 8 heteroatoms. The number of amides is 3. The van der Waals surface area contributed by atoms with Crippen molar-refractivity contribution in [2.45, 2.75) is 108 Å². The second kappa shape index (κ2) is 12.0. The Hall–Kier alpha value is -2.16. The molecule has 3 atom stereocenters.